The summed E-state index contributed by atoms with van der Waals surface area (Å²) in [5.41, 5.74) is 3.31. The minimum atomic E-state index is -0.347. The molecule has 1 N–H and O–H groups in total. The van der Waals surface area contributed by atoms with Gasteiger partial charge in [-0.15, -0.1) is 0 Å². The predicted octanol–water partition coefficient (Wildman–Crippen LogP) is 6.02. The number of nitrogens with one attached hydrogen (secondary N) is 1. The number of ether oxygens (including phenoxy) is 2. The second-order valence-electron chi connectivity index (χ2n) is 8.01. The van der Waals surface area contributed by atoms with Crippen LogP contribution in [0.5, 0.6) is 11.5 Å². The minimum absolute atomic E-state index is 0.196. The van der Waals surface area contributed by atoms with Gasteiger partial charge in [0.25, 0.3) is 17.1 Å². The third-order valence-corrected chi connectivity index (χ3v) is 6.74. The number of carbonyl (C=O) groups excluding carboxylic acids is 3. The molecule has 1 fully saturated rings. The van der Waals surface area contributed by atoms with Crippen LogP contribution in [0.1, 0.15) is 16.7 Å². The van der Waals surface area contributed by atoms with Gasteiger partial charge in [0.1, 0.15) is 0 Å². The summed E-state index contributed by atoms with van der Waals surface area (Å²) in [5.74, 6) is 0.141. The zero-order valence-electron chi connectivity index (χ0n) is 19.6. The van der Waals surface area contributed by atoms with Crippen LogP contribution in [-0.2, 0) is 16.1 Å². The number of carbonyl (C=O) groups is 3. The van der Waals surface area contributed by atoms with Gasteiger partial charge in [-0.25, -0.2) is 0 Å². The molecule has 0 atom stereocenters. The maximum absolute atomic E-state index is 12.9. The predicted molar refractivity (Wildman–Crippen MR) is 144 cm³/mol. The summed E-state index contributed by atoms with van der Waals surface area (Å²) in [6.45, 7) is 1.98. The van der Waals surface area contributed by atoms with E-state index >= 15 is 0 Å². The number of anilines is 1. The maximum Gasteiger partial charge on any atom is 0.293 e. The van der Waals surface area contributed by atoms with Crippen molar-refractivity contribution in [1.29, 1.82) is 0 Å². The summed E-state index contributed by atoms with van der Waals surface area (Å²) < 4.78 is 12.0. The third kappa shape index (κ3) is 6.35. The summed E-state index contributed by atoms with van der Waals surface area (Å²) in [4.78, 5) is 39.1. The fourth-order valence-electron chi connectivity index (χ4n) is 3.43. The molecule has 0 aliphatic carbocycles. The lowest BCUT2D eigenvalue weighted by atomic mass is 10.1. The molecule has 0 aromatic heterocycles. The number of methoxy groups -OCH3 is 1. The Morgan fingerprint density at radius 3 is 2.44 bits per heavy atom. The third-order valence-electron chi connectivity index (χ3n) is 5.31. The van der Waals surface area contributed by atoms with Crippen LogP contribution in [0.2, 0.25) is 0 Å². The Bertz CT molecular complexity index is 1320. The smallest absolute Gasteiger partial charge is 0.293 e. The highest BCUT2D eigenvalue weighted by atomic mass is 79.9. The van der Waals surface area contributed by atoms with Crippen LogP contribution < -0.4 is 14.8 Å². The van der Waals surface area contributed by atoms with Gasteiger partial charge in [-0.1, -0.05) is 51.8 Å². The first-order valence-corrected chi connectivity index (χ1v) is 12.6. The number of aryl methyl sites for hydroxylation is 1. The fourth-order valence-corrected chi connectivity index (χ4v) is 4.53. The molecule has 1 aliphatic heterocycles. The summed E-state index contributed by atoms with van der Waals surface area (Å²) in [5, 5.41) is 2.46. The van der Waals surface area contributed by atoms with Crippen molar-refractivity contribution in [3.05, 3.63) is 92.8 Å². The van der Waals surface area contributed by atoms with E-state index in [2.05, 4.69) is 21.2 Å². The summed E-state index contributed by atoms with van der Waals surface area (Å²) in [7, 11) is 1.49. The fraction of sp³-hybridized carbons (Fsp3) is 0.148. The lowest BCUT2D eigenvalue weighted by Crippen LogP contribution is -2.27. The molecule has 0 spiro atoms. The van der Waals surface area contributed by atoms with Crippen molar-refractivity contribution in [1.82, 2.24) is 4.90 Å². The van der Waals surface area contributed by atoms with Crippen LogP contribution >= 0.6 is 27.7 Å². The van der Waals surface area contributed by atoms with Crippen molar-refractivity contribution in [2.75, 3.05) is 19.0 Å². The first kappa shape index (κ1) is 25.5. The van der Waals surface area contributed by atoms with Crippen LogP contribution in [0.25, 0.3) is 6.08 Å². The number of nitrogens with zero attached hydrogens (tertiary/aromatic N) is 1. The Hall–Kier alpha value is -3.56. The molecule has 0 saturated carbocycles. The average Bonchev–Trinajstić information content (AvgIpc) is 3.13. The average molecular weight is 567 g/mol. The van der Waals surface area contributed by atoms with E-state index in [4.69, 9.17) is 9.47 Å². The van der Waals surface area contributed by atoms with Gasteiger partial charge in [-0.05, 0) is 72.3 Å². The van der Waals surface area contributed by atoms with Crippen LogP contribution in [0.4, 0.5) is 10.5 Å². The zero-order chi connectivity index (χ0) is 25.7. The van der Waals surface area contributed by atoms with Crippen LogP contribution in [-0.4, -0.2) is 35.7 Å². The Morgan fingerprint density at radius 2 is 1.75 bits per heavy atom. The van der Waals surface area contributed by atoms with Gasteiger partial charge in [-0.3, -0.25) is 19.3 Å². The number of hydrogen-bond acceptors (Lipinski definition) is 6. The molecule has 0 bridgehead atoms. The van der Waals surface area contributed by atoms with Crippen molar-refractivity contribution in [2.24, 2.45) is 0 Å². The van der Waals surface area contributed by atoms with Gasteiger partial charge in [0, 0.05) is 10.2 Å². The van der Waals surface area contributed by atoms with E-state index in [0.29, 0.717) is 27.7 Å². The number of rotatable bonds is 8. The van der Waals surface area contributed by atoms with Gasteiger partial charge >= 0.3 is 0 Å². The highest BCUT2D eigenvalue weighted by Crippen LogP contribution is 2.35. The van der Waals surface area contributed by atoms with E-state index in [1.165, 1.54) is 12.0 Å². The first-order valence-electron chi connectivity index (χ1n) is 11.0. The van der Waals surface area contributed by atoms with Crippen LogP contribution in [0, 0.1) is 6.92 Å². The van der Waals surface area contributed by atoms with Crippen molar-refractivity contribution < 1.29 is 23.9 Å². The number of imide groups is 1. The molecule has 3 aromatic carbocycles. The van der Waals surface area contributed by atoms with Crippen molar-refractivity contribution >= 4 is 56.5 Å². The van der Waals surface area contributed by atoms with Crippen molar-refractivity contribution in [3.8, 4) is 11.5 Å². The summed E-state index contributed by atoms with van der Waals surface area (Å²) in [6.07, 6.45) is 1.64. The van der Waals surface area contributed by atoms with Gasteiger partial charge in [-0.2, -0.15) is 0 Å². The van der Waals surface area contributed by atoms with E-state index in [1.54, 1.807) is 24.3 Å². The van der Waals surface area contributed by atoms with Crippen molar-refractivity contribution in [2.45, 2.75) is 13.5 Å². The molecule has 0 radical (unpaired) electrons. The highest BCUT2D eigenvalue weighted by Gasteiger charge is 2.35. The number of thioether (sulfide) groups is 1. The Morgan fingerprint density at radius 1 is 1.03 bits per heavy atom. The topological polar surface area (TPSA) is 84.9 Å². The van der Waals surface area contributed by atoms with E-state index in [0.717, 1.165) is 27.4 Å². The standard InChI is InChI=1S/C27H23BrN2O5S/c1-17-3-10-21(11-4-17)29-25(31)16-35-22-12-7-19(13-23(22)34-2)14-24-26(32)30(27(33)36-24)15-18-5-8-20(28)9-6-18/h3-14H,15-16H2,1-2H3,(H,29,31)/b24-14-. The van der Waals surface area contributed by atoms with Crippen LogP contribution in [0.3, 0.4) is 0 Å². The van der Waals surface area contributed by atoms with E-state index in [1.807, 2.05) is 55.5 Å². The highest BCUT2D eigenvalue weighted by molar-refractivity contribution is 9.10. The SMILES string of the molecule is COc1cc(/C=C2\SC(=O)N(Cc3ccc(Br)cc3)C2=O)ccc1OCC(=O)Nc1ccc(C)cc1. The normalized spacial score (nSPS) is 14.3. The number of amides is 3. The van der Waals surface area contributed by atoms with Gasteiger partial charge in [0.05, 0.1) is 18.6 Å². The molecule has 9 heteroatoms. The molecule has 3 amide bonds. The molecular weight excluding hydrogens is 544 g/mol. The summed E-state index contributed by atoms with van der Waals surface area (Å²) >= 11 is 4.27. The molecule has 0 unspecified atom stereocenters. The second-order valence-corrected chi connectivity index (χ2v) is 9.92. The maximum atomic E-state index is 12.9. The molecule has 1 heterocycles. The summed E-state index contributed by atoms with van der Waals surface area (Å²) in [6, 6.07) is 20.0. The van der Waals surface area contributed by atoms with Gasteiger partial charge < -0.3 is 14.8 Å². The quantitative estimate of drug-likeness (QED) is 0.335. The molecule has 3 aromatic rings. The number of halogens is 1. The first-order chi connectivity index (χ1) is 17.3. The molecule has 7 nitrogen and oxygen atoms in total. The molecule has 184 valence electrons. The number of benzene rings is 3. The monoisotopic (exact) mass is 566 g/mol. The van der Waals surface area contributed by atoms with Crippen LogP contribution in [0.15, 0.2) is 76.1 Å². The Balaban J connectivity index is 1.41. The van der Waals surface area contributed by atoms with E-state index in [-0.39, 0.29) is 30.2 Å². The van der Waals surface area contributed by atoms with Gasteiger partial charge in [0.15, 0.2) is 18.1 Å². The Kier molecular flexibility index (Phi) is 8.12. The zero-order valence-corrected chi connectivity index (χ0v) is 22.0. The minimum Gasteiger partial charge on any atom is -0.493 e. The molecule has 4 rings (SSSR count). The second kappa shape index (κ2) is 11.5. The molecular formula is C27H23BrN2O5S. The molecule has 1 saturated heterocycles. The number of hydrogen-bond donors (Lipinski definition) is 1. The lowest BCUT2D eigenvalue weighted by molar-refractivity contribution is -0.123. The van der Waals surface area contributed by atoms with E-state index in [9.17, 15) is 14.4 Å². The molecule has 36 heavy (non-hydrogen) atoms. The Labute approximate surface area is 221 Å². The molecule has 1 aliphatic rings. The largest absolute Gasteiger partial charge is 0.493 e. The lowest BCUT2D eigenvalue weighted by Gasteiger charge is -2.12. The van der Waals surface area contributed by atoms with E-state index < -0.39 is 0 Å². The van der Waals surface area contributed by atoms with Crippen molar-refractivity contribution in [3.63, 3.8) is 0 Å². The van der Waals surface area contributed by atoms with Gasteiger partial charge in [0.2, 0.25) is 0 Å².